The molecule has 0 fully saturated rings. The van der Waals surface area contributed by atoms with E-state index in [-0.39, 0.29) is 11.8 Å². The fourth-order valence-electron chi connectivity index (χ4n) is 14.4. The number of rotatable bonds is 4. The zero-order valence-corrected chi connectivity index (χ0v) is 42.6. The molecule has 16 rings (SSSR count). The lowest BCUT2D eigenvalue weighted by atomic mass is 9.62. The van der Waals surface area contributed by atoms with Gasteiger partial charge in [-0.05, 0) is 176 Å². The number of aromatic nitrogens is 4. The predicted molar refractivity (Wildman–Crippen MR) is 313 cm³/mol. The summed E-state index contributed by atoms with van der Waals surface area (Å²) in [7, 11) is 4.37. The maximum atomic E-state index is 2.63. The van der Waals surface area contributed by atoms with E-state index in [1.165, 1.54) is 154 Å². The standard InChI is InChI=1S/C70H54N4/c1-39-40(2)52-38-58-56-36-46(44-26-30-62-54(34-44)50-22-14-16-24-60(50)72(62)6)28-32-64(56)74(48-19-11-8-12-20-48)70(58)66-42(4)41(3)65-67(68(52)66)51(39)37-57-55-35-45(27-31-63(55)73(69(57)65)47-17-9-7-10-18-47)43-25-29-61-53(33-43)49-21-13-15-23-59(49)71(61)5/h7-42H,1-6H3. The number of hydrogen-bond donors (Lipinski definition) is 0. The summed E-state index contributed by atoms with van der Waals surface area (Å²) in [5.74, 6) is 1.07. The van der Waals surface area contributed by atoms with Crippen LogP contribution in [-0.4, -0.2) is 18.3 Å². The van der Waals surface area contributed by atoms with E-state index >= 15 is 0 Å². The highest BCUT2D eigenvalue weighted by Gasteiger charge is 2.42. The summed E-state index contributed by atoms with van der Waals surface area (Å²) in [6.45, 7) is 10.0. The first-order chi connectivity index (χ1) is 36.2. The molecule has 0 amide bonds. The van der Waals surface area contributed by atoms with Gasteiger partial charge in [-0.3, -0.25) is 0 Å². The van der Waals surface area contributed by atoms with Crippen molar-refractivity contribution >= 4 is 87.2 Å². The molecule has 14 aromatic rings. The summed E-state index contributed by atoms with van der Waals surface area (Å²) in [5.41, 5.74) is 26.5. The fourth-order valence-corrected chi connectivity index (χ4v) is 14.4. The smallest absolute Gasteiger partial charge is 0.0582 e. The van der Waals surface area contributed by atoms with Crippen LogP contribution in [-0.2, 0) is 14.1 Å². The van der Waals surface area contributed by atoms with Crippen molar-refractivity contribution < 1.29 is 0 Å². The second-order valence-electron chi connectivity index (χ2n) is 21.9. The van der Waals surface area contributed by atoms with Crippen LogP contribution in [0.15, 0.2) is 194 Å². The van der Waals surface area contributed by atoms with Crippen LogP contribution in [0.2, 0.25) is 0 Å². The monoisotopic (exact) mass is 950 g/mol. The van der Waals surface area contributed by atoms with Gasteiger partial charge in [0.15, 0.2) is 0 Å². The zero-order valence-electron chi connectivity index (χ0n) is 42.6. The van der Waals surface area contributed by atoms with Crippen molar-refractivity contribution in [2.45, 2.75) is 51.4 Å². The molecule has 0 saturated carbocycles. The van der Waals surface area contributed by atoms with Gasteiger partial charge in [0.25, 0.3) is 0 Å². The molecule has 2 aliphatic carbocycles. The van der Waals surface area contributed by atoms with Crippen LogP contribution >= 0.6 is 0 Å². The molecule has 0 bridgehead atoms. The van der Waals surface area contributed by atoms with Crippen molar-refractivity contribution in [2.24, 2.45) is 14.1 Å². The van der Waals surface area contributed by atoms with E-state index in [0.717, 1.165) is 0 Å². The van der Waals surface area contributed by atoms with Crippen molar-refractivity contribution in [1.82, 2.24) is 18.3 Å². The Kier molecular flexibility index (Phi) is 8.50. The summed E-state index contributed by atoms with van der Waals surface area (Å²) in [4.78, 5) is 0. The highest BCUT2D eigenvalue weighted by molar-refractivity contribution is 6.18. The van der Waals surface area contributed by atoms with Crippen LogP contribution in [0, 0.1) is 0 Å². The van der Waals surface area contributed by atoms with E-state index < -0.39 is 0 Å². The van der Waals surface area contributed by atoms with Gasteiger partial charge in [-0.25, -0.2) is 0 Å². The van der Waals surface area contributed by atoms with Crippen LogP contribution in [0.25, 0.3) is 132 Å². The minimum absolute atomic E-state index is 0.226. The second-order valence-corrected chi connectivity index (χ2v) is 21.9. The van der Waals surface area contributed by atoms with E-state index in [1.54, 1.807) is 0 Å². The molecule has 2 aliphatic rings. The average Bonchev–Trinajstić information content (AvgIpc) is 4.17. The molecule has 4 aromatic heterocycles. The molecule has 4 unspecified atom stereocenters. The lowest BCUT2D eigenvalue weighted by Gasteiger charge is -2.42. The highest BCUT2D eigenvalue weighted by atomic mass is 15.0. The van der Waals surface area contributed by atoms with Crippen molar-refractivity contribution in [3.8, 4) is 44.8 Å². The third-order valence-electron chi connectivity index (χ3n) is 18.4. The number of nitrogens with zero attached hydrogens (tertiary/aromatic N) is 4. The number of fused-ring (bicyclic) bond motifs is 14. The predicted octanol–water partition coefficient (Wildman–Crippen LogP) is 18.6. The van der Waals surface area contributed by atoms with Gasteiger partial charge in [0, 0.05) is 90.6 Å². The normalized spacial score (nSPS) is 17.3. The molecule has 0 aliphatic heterocycles. The number of aryl methyl sites for hydroxylation is 2. The Morgan fingerprint density at radius 2 is 0.608 bits per heavy atom. The van der Waals surface area contributed by atoms with Gasteiger partial charge in [-0.15, -0.1) is 0 Å². The van der Waals surface area contributed by atoms with Crippen molar-refractivity contribution in [1.29, 1.82) is 0 Å². The van der Waals surface area contributed by atoms with Gasteiger partial charge >= 0.3 is 0 Å². The molecule has 354 valence electrons. The average molecular weight is 951 g/mol. The molecule has 0 radical (unpaired) electrons. The Hall–Kier alpha value is -8.60. The third kappa shape index (κ3) is 5.42. The first-order valence-corrected chi connectivity index (χ1v) is 26.6. The summed E-state index contributed by atoms with van der Waals surface area (Å²) in [6.07, 6.45) is 0. The van der Waals surface area contributed by atoms with Crippen molar-refractivity contribution in [3.05, 3.63) is 216 Å². The maximum absolute atomic E-state index is 2.63. The van der Waals surface area contributed by atoms with Gasteiger partial charge in [0.1, 0.15) is 0 Å². The van der Waals surface area contributed by atoms with E-state index in [0.29, 0.717) is 11.8 Å². The Balaban J connectivity index is 0.972. The van der Waals surface area contributed by atoms with E-state index in [1.807, 2.05) is 0 Å². The lowest BCUT2D eigenvalue weighted by molar-refractivity contribution is 0.584. The van der Waals surface area contributed by atoms with Crippen molar-refractivity contribution in [3.63, 3.8) is 0 Å². The first-order valence-electron chi connectivity index (χ1n) is 26.6. The summed E-state index contributed by atoms with van der Waals surface area (Å²) in [6, 6.07) is 73.6. The minimum Gasteiger partial charge on any atom is -0.344 e. The van der Waals surface area contributed by atoms with E-state index in [2.05, 4.69) is 254 Å². The topological polar surface area (TPSA) is 19.7 Å². The number of hydrogen-bond acceptors (Lipinski definition) is 0. The number of benzene rings is 10. The Morgan fingerprint density at radius 3 is 1.00 bits per heavy atom. The SMILES string of the molecule is CC1c2cc3c4cc(-c5ccc6c(c5)c5ccccc5n6C)ccc4n(-c4ccccc4)c3c3c2-c2c(cc4c5cc(-c6ccc7c(c6)c6ccccc6n7C)ccc5n(-c5ccccc5)c4c2C(C)C3C)C1C. The molecule has 74 heavy (non-hydrogen) atoms. The Labute approximate surface area is 429 Å². The molecule has 10 aromatic carbocycles. The summed E-state index contributed by atoms with van der Waals surface area (Å²) in [5, 5.41) is 10.5. The molecule has 0 spiro atoms. The maximum Gasteiger partial charge on any atom is 0.0582 e. The molecule has 0 saturated heterocycles. The van der Waals surface area contributed by atoms with Crippen molar-refractivity contribution in [2.75, 3.05) is 0 Å². The summed E-state index contributed by atoms with van der Waals surface area (Å²) < 4.78 is 9.85. The summed E-state index contributed by atoms with van der Waals surface area (Å²) >= 11 is 0. The Morgan fingerprint density at radius 1 is 0.284 bits per heavy atom. The molecule has 4 atom stereocenters. The molecule has 4 heterocycles. The largest absolute Gasteiger partial charge is 0.344 e. The molecular weight excluding hydrogens is 897 g/mol. The van der Waals surface area contributed by atoms with E-state index in [4.69, 9.17) is 0 Å². The van der Waals surface area contributed by atoms with E-state index in [9.17, 15) is 0 Å². The van der Waals surface area contributed by atoms with Gasteiger partial charge in [0.05, 0.1) is 22.1 Å². The fraction of sp³-hybridized carbons (Fsp3) is 0.143. The Bertz CT molecular complexity index is 4440. The molecule has 0 N–H and O–H groups in total. The quantitative estimate of drug-likeness (QED) is 0.168. The van der Waals surface area contributed by atoms with Crippen LogP contribution in [0.3, 0.4) is 0 Å². The van der Waals surface area contributed by atoms with Crippen LogP contribution in [0.4, 0.5) is 0 Å². The van der Waals surface area contributed by atoms with Gasteiger partial charge in [-0.1, -0.05) is 125 Å². The number of para-hydroxylation sites is 4. The first kappa shape index (κ1) is 42.0. The van der Waals surface area contributed by atoms with Gasteiger partial charge in [0.2, 0.25) is 0 Å². The van der Waals surface area contributed by atoms with Gasteiger partial charge < -0.3 is 18.3 Å². The highest BCUT2D eigenvalue weighted by Crippen LogP contribution is 2.61. The zero-order chi connectivity index (χ0) is 49.4. The molecule has 4 heteroatoms. The molecular formula is C70H54N4. The van der Waals surface area contributed by atoms with Gasteiger partial charge in [-0.2, -0.15) is 0 Å². The second kappa shape index (κ2) is 15.0. The minimum atomic E-state index is 0.226. The van der Waals surface area contributed by atoms with Crippen LogP contribution < -0.4 is 0 Å². The van der Waals surface area contributed by atoms with Crippen LogP contribution in [0.5, 0.6) is 0 Å². The lowest BCUT2D eigenvalue weighted by Crippen LogP contribution is -2.24. The molecule has 4 nitrogen and oxygen atoms in total. The van der Waals surface area contributed by atoms with Crippen LogP contribution in [0.1, 0.15) is 73.6 Å². The third-order valence-corrected chi connectivity index (χ3v) is 18.4.